The average Bonchev–Trinajstić information content (AvgIpc) is 3.48. The van der Waals surface area contributed by atoms with E-state index in [0.29, 0.717) is 30.3 Å². The summed E-state index contributed by atoms with van der Waals surface area (Å²) in [7, 11) is 0. The molecule has 250 valence electrons. The molecule has 1 amide bonds. The summed E-state index contributed by atoms with van der Waals surface area (Å²) >= 11 is 0. The molecule has 0 radical (unpaired) electrons. The summed E-state index contributed by atoms with van der Waals surface area (Å²) in [5, 5.41) is 7.49. The normalized spacial score (nSPS) is 15.8. The fourth-order valence-corrected chi connectivity index (χ4v) is 6.66. The Balaban J connectivity index is 0.000000403. The number of benzene rings is 2. The van der Waals surface area contributed by atoms with Gasteiger partial charge in [-0.2, -0.15) is 0 Å². The third-order valence-corrected chi connectivity index (χ3v) is 9.54. The van der Waals surface area contributed by atoms with Crippen LogP contribution in [-0.2, 0) is 4.79 Å². The van der Waals surface area contributed by atoms with E-state index in [4.69, 9.17) is 21.1 Å². The number of hydrogen-bond donors (Lipinski definition) is 2. The van der Waals surface area contributed by atoms with Gasteiger partial charge in [-0.1, -0.05) is 107 Å². The summed E-state index contributed by atoms with van der Waals surface area (Å²) in [6, 6.07) is 26.0. The van der Waals surface area contributed by atoms with Crippen molar-refractivity contribution in [1.82, 2.24) is 24.4 Å². The Kier molecular flexibility index (Phi) is 10.7. The lowest BCUT2D eigenvalue weighted by Crippen LogP contribution is -2.49. The number of nitrogens with two attached hydrogens (primary N) is 1. The van der Waals surface area contributed by atoms with Crippen LogP contribution < -0.4 is 5.73 Å². The number of nitrogen functional groups attached to an aromatic ring is 1. The maximum absolute atomic E-state index is 12.6. The lowest BCUT2D eigenvalue weighted by Gasteiger charge is -2.39. The number of allylic oxidation sites excluding steroid dienone is 2. The minimum atomic E-state index is -0.147. The van der Waals surface area contributed by atoms with Crippen molar-refractivity contribution in [3.63, 3.8) is 0 Å². The largest absolute Gasteiger partial charge is 0.383 e. The van der Waals surface area contributed by atoms with E-state index in [1.807, 2.05) is 59.2 Å². The standard InChI is InChI=1S/C32H27N7O.C9H18/c1-2-7-23(18-33)32(40)38-19-24(20-38)21-11-13-25(14-12-21)39-30(26-10-6-17-35-29(26)34)37-28-16-15-27(36-31(28)39)22-8-4-3-5-9-22;1-9-7-5-3-2-4-6-8-9/h2-18,24,33H,1,19-20H2,(H2,34,35);9H,2-8H2,1H3/b23-7+,33-18?;. The zero-order valence-electron chi connectivity index (χ0n) is 28.3. The van der Waals surface area contributed by atoms with E-state index in [0.717, 1.165) is 51.4 Å². The van der Waals surface area contributed by atoms with Crippen LogP contribution in [0.3, 0.4) is 0 Å². The maximum Gasteiger partial charge on any atom is 0.255 e. The molecule has 5 aromatic rings. The first-order valence-electron chi connectivity index (χ1n) is 17.4. The quantitative estimate of drug-likeness (QED) is 0.104. The van der Waals surface area contributed by atoms with Gasteiger partial charge in [0.25, 0.3) is 5.91 Å². The summed E-state index contributed by atoms with van der Waals surface area (Å²) in [5.41, 5.74) is 12.7. The SMILES string of the molecule is C=C/C=C(\C=N)C(=O)N1CC(c2ccc(-n3c(-c4cccnc4N)nc4ccc(-c5ccccc5)nc43)cc2)C1.CC1CCCCCCC1. The first kappa shape index (κ1) is 33.5. The van der Waals surface area contributed by atoms with Crippen molar-refractivity contribution in [3.05, 3.63) is 115 Å². The van der Waals surface area contributed by atoms with E-state index >= 15 is 0 Å². The molecule has 3 aromatic heterocycles. The van der Waals surface area contributed by atoms with Gasteiger partial charge in [0.2, 0.25) is 0 Å². The van der Waals surface area contributed by atoms with Crippen LogP contribution in [0.5, 0.6) is 0 Å². The predicted molar refractivity (Wildman–Crippen MR) is 200 cm³/mol. The van der Waals surface area contributed by atoms with Crippen LogP contribution in [0.2, 0.25) is 0 Å². The monoisotopic (exact) mass is 651 g/mol. The molecule has 0 spiro atoms. The molecule has 8 nitrogen and oxygen atoms in total. The number of nitrogens with zero attached hydrogens (tertiary/aromatic N) is 5. The summed E-state index contributed by atoms with van der Waals surface area (Å²) in [4.78, 5) is 28.6. The van der Waals surface area contributed by atoms with Crippen molar-refractivity contribution >= 4 is 29.1 Å². The number of nitrogens with one attached hydrogen (secondary N) is 1. The molecule has 4 heterocycles. The first-order valence-corrected chi connectivity index (χ1v) is 17.4. The third kappa shape index (κ3) is 7.70. The lowest BCUT2D eigenvalue weighted by atomic mass is 9.90. The van der Waals surface area contributed by atoms with Gasteiger partial charge in [-0.15, -0.1) is 0 Å². The Labute approximate surface area is 288 Å². The van der Waals surface area contributed by atoms with Gasteiger partial charge in [0.05, 0.1) is 16.8 Å². The smallest absolute Gasteiger partial charge is 0.255 e. The van der Waals surface area contributed by atoms with Crippen molar-refractivity contribution in [1.29, 1.82) is 5.41 Å². The Morgan fingerprint density at radius 1 is 0.898 bits per heavy atom. The van der Waals surface area contributed by atoms with Crippen molar-refractivity contribution in [2.75, 3.05) is 18.8 Å². The average molecular weight is 652 g/mol. The number of hydrogen-bond acceptors (Lipinski definition) is 6. The number of carbonyl (C=O) groups excluding carboxylic acids is 1. The highest BCUT2D eigenvalue weighted by Crippen LogP contribution is 2.33. The number of fused-ring (bicyclic) bond motifs is 1. The molecule has 0 unspecified atom stereocenters. The molecular formula is C41H45N7O. The molecule has 3 N–H and O–H groups in total. The van der Waals surface area contributed by atoms with Gasteiger partial charge in [-0.3, -0.25) is 9.36 Å². The number of amides is 1. The molecular weight excluding hydrogens is 606 g/mol. The van der Waals surface area contributed by atoms with Crippen molar-refractivity contribution in [2.45, 2.75) is 57.8 Å². The van der Waals surface area contributed by atoms with Gasteiger partial charge < -0.3 is 16.0 Å². The number of likely N-dealkylation sites (tertiary alicyclic amines) is 1. The van der Waals surface area contributed by atoms with Gasteiger partial charge in [0, 0.05) is 42.7 Å². The summed E-state index contributed by atoms with van der Waals surface area (Å²) in [6.07, 6.45) is 16.3. The van der Waals surface area contributed by atoms with E-state index in [2.05, 4.69) is 42.8 Å². The Bertz CT molecular complexity index is 1930. The molecule has 2 fully saturated rings. The van der Waals surface area contributed by atoms with Crippen molar-refractivity contribution < 1.29 is 4.79 Å². The highest BCUT2D eigenvalue weighted by atomic mass is 16.2. The Morgan fingerprint density at radius 2 is 1.61 bits per heavy atom. The summed E-state index contributed by atoms with van der Waals surface area (Å²) in [6.45, 7) is 7.23. The van der Waals surface area contributed by atoms with Crippen LogP contribution in [-0.4, -0.2) is 49.6 Å². The second-order valence-electron chi connectivity index (χ2n) is 13.1. The van der Waals surface area contributed by atoms with E-state index in [-0.39, 0.29) is 11.8 Å². The fraction of sp³-hybridized carbons (Fsp3) is 0.293. The molecule has 1 saturated heterocycles. The molecule has 0 bridgehead atoms. The molecule has 2 aromatic carbocycles. The molecule has 7 rings (SSSR count). The second-order valence-corrected chi connectivity index (χ2v) is 13.1. The topological polar surface area (TPSA) is 114 Å². The fourth-order valence-electron chi connectivity index (χ4n) is 6.66. The molecule has 1 saturated carbocycles. The van der Waals surface area contributed by atoms with Crippen LogP contribution >= 0.6 is 0 Å². The van der Waals surface area contributed by atoms with Gasteiger partial charge in [-0.05, 0) is 54.0 Å². The summed E-state index contributed by atoms with van der Waals surface area (Å²) < 4.78 is 2.02. The number of rotatable bonds is 7. The molecule has 49 heavy (non-hydrogen) atoms. The summed E-state index contributed by atoms with van der Waals surface area (Å²) in [5.74, 6) is 2.16. The Morgan fingerprint density at radius 3 is 2.29 bits per heavy atom. The van der Waals surface area contributed by atoms with E-state index in [1.54, 1.807) is 17.2 Å². The molecule has 2 aliphatic rings. The van der Waals surface area contributed by atoms with E-state index in [9.17, 15) is 4.79 Å². The molecule has 1 aliphatic carbocycles. The third-order valence-electron chi connectivity index (χ3n) is 9.54. The van der Waals surface area contributed by atoms with Gasteiger partial charge in [0.15, 0.2) is 11.5 Å². The number of imidazole rings is 1. The molecule has 8 heteroatoms. The predicted octanol–water partition coefficient (Wildman–Crippen LogP) is 8.79. The maximum atomic E-state index is 12.6. The van der Waals surface area contributed by atoms with Crippen LogP contribution in [0.15, 0.2) is 109 Å². The highest BCUT2D eigenvalue weighted by Gasteiger charge is 2.32. The van der Waals surface area contributed by atoms with Gasteiger partial charge in [0.1, 0.15) is 11.3 Å². The van der Waals surface area contributed by atoms with Crippen molar-refractivity contribution in [3.8, 4) is 28.3 Å². The van der Waals surface area contributed by atoms with Crippen LogP contribution in [0.25, 0.3) is 39.5 Å². The highest BCUT2D eigenvalue weighted by molar-refractivity contribution is 6.11. The number of carbonyl (C=O) groups is 1. The van der Waals surface area contributed by atoms with Crippen molar-refractivity contribution in [2.24, 2.45) is 5.92 Å². The Hall–Kier alpha value is -5.37. The number of anilines is 1. The van der Waals surface area contributed by atoms with Crippen LogP contribution in [0, 0.1) is 11.3 Å². The lowest BCUT2D eigenvalue weighted by molar-refractivity contribution is -0.130. The molecule has 1 aliphatic heterocycles. The van der Waals surface area contributed by atoms with Gasteiger partial charge >= 0.3 is 0 Å². The van der Waals surface area contributed by atoms with E-state index in [1.165, 1.54) is 51.0 Å². The van der Waals surface area contributed by atoms with E-state index < -0.39 is 0 Å². The van der Waals surface area contributed by atoms with Crippen LogP contribution in [0.1, 0.15) is 63.4 Å². The zero-order valence-corrected chi connectivity index (χ0v) is 28.3. The van der Waals surface area contributed by atoms with Gasteiger partial charge in [-0.25, -0.2) is 15.0 Å². The number of pyridine rings is 2. The zero-order chi connectivity index (χ0) is 34.2. The minimum absolute atomic E-state index is 0.147. The first-order chi connectivity index (χ1) is 24.0. The minimum Gasteiger partial charge on any atom is -0.383 e. The second kappa shape index (κ2) is 15.7. The van der Waals surface area contributed by atoms with Crippen LogP contribution in [0.4, 0.5) is 5.82 Å². The molecule has 0 atom stereocenters. The number of aromatic nitrogens is 4.